The smallest absolute Gasteiger partial charge is 0.230 e. The maximum atomic E-state index is 12.9. The van der Waals surface area contributed by atoms with Gasteiger partial charge in [-0.05, 0) is 67.9 Å². The van der Waals surface area contributed by atoms with E-state index in [2.05, 4.69) is 5.32 Å². The Morgan fingerprint density at radius 1 is 1.00 bits per heavy atom. The zero-order chi connectivity index (χ0) is 15.9. The first kappa shape index (κ1) is 14.7. The first-order valence-electron chi connectivity index (χ1n) is 8.70. The summed E-state index contributed by atoms with van der Waals surface area (Å²) in [4.78, 5) is 24.3. The fourth-order valence-corrected chi connectivity index (χ4v) is 5.48. The molecule has 4 bridgehead atoms. The predicted molar refractivity (Wildman–Crippen MR) is 89.2 cm³/mol. The molecule has 1 aromatic rings. The number of hydrogen-bond acceptors (Lipinski definition) is 2. The molecule has 0 radical (unpaired) electrons. The number of carbonyl (C=O) groups is 2. The van der Waals surface area contributed by atoms with Crippen LogP contribution in [0.3, 0.4) is 0 Å². The van der Waals surface area contributed by atoms with Crippen LogP contribution in [0.1, 0.15) is 44.1 Å². The Bertz CT molecular complexity index is 612. The minimum atomic E-state index is -0.215. The molecule has 0 atom stereocenters. The topological polar surface area (TPSA) is 46.2 Å². The molecule has 0 unspecified atom stereocenters. The normalized spacial score (nSPS) is 35.1. The molecule has 4 aliphatic carbocycles. The van der Waals surface area contributed by atoms with Gasteiger partial charge in [-0.15, -0.1) is 0 Å². The highest BCUT2D eigenvalue weighted by molar-refractivity contribution is 5.92. The number of nitrogens with one attached hydrogen (secondary N) is 1. The van der Waals surface area contributed by atoms with Crippen LogP contribution in [0, 0.1) is 23.2 Å². The van der Waals surface area contributed by atoms with Gasteiger partial charge < -0.3 is 5.32 Å². The third kappa shape index (κ3) is 2.73. The monoisotopic (exact) mass is 309 g/mol. The standard InChI is InChI=1S/C20H23NO2/c22-13-18(9-14-4-2-1-3-5-14)21-19(23)20-10-15-6-16(11-20)8-17(7-15)12-20/h1-5,9,13,15-17H,6-8,10-12H2,(H,21,23). The summed E-state index contributed by atoms with van der Waals surface area (Å²) in [6, 6.07) is 9.65. The summed E-state index contributed by atoms with van der Waals surface area (Å²) in [7, 11) is 0. The van der Waals surface area contributed by atoms with Gasteiger partial charge in [0, 0.05) is 0 Å². The molecule has 120 valence electrons. The largest absolute Gasteiger partial charge is 0.323 e. The lowest BCUT2D eigenvalue weighted by molar-refractivity contribution is -0.145. The minimum Gasteiger partial charge on any atom is -0.323 e. The van der Waals surface area contributed by atoms with Crippen LogP contribution in [-0.4, -0.2) is 12.2 Å². The van der Waals surface area contributed by atoms with Crippen molar-refractivity contribution in [2.24, 2.45) is 23.2 Å². The molecule has 0 aromatic heterocycles. The highest BCUT2D eigenvalue weighted by atomic mass is 16.2. The Balaban J connectivity index is 1.53. The van der Waals surface area contributed by atoms with E-state index in [1.165, 1.54) is 19.3 Å². The van der Waals surface area contributed by atoms with E-state index in [1.807, 2.05) is 30.3 Å². The lowest BCUT2D eigenvalue weighted by Crippen LogP contribution is -2.53. The number of amides is 1. The van der Waals surface area contributed by atoms with Crippen molar-refractivity contribution in [2.45, 2.75) is 38.5 Å². The van der Waals surface area contributed by atoms with Crippen LogP contribution in [0.15, 0.2) is 36.0 Å². The van der Waals surface area contributed by atoms with Crippen LogP contribution in [0.25, 0.3) is 6.08 Å². The van der Waals surface area contributed by atoms with Crippen LogP contribution in [-0.2, 0) is 9.59 Å². The summed E-state index contributed by atoms with van der Waals surface area (Å²) < 4.78 is 0. The summed E-state index contributed by atoms with van der Waals surface area (Å²) in [6.07, 6.45) is 9.50. The van der Waals surface area contributed by atoms with E-state index in [9.17, 15) is 9.59 Å². The van der Waals surface area contributed by atoms with E-state index in [0.29, 0.717) is 5.70 Å². The first-order valence-corrected chi connectivity index (χ1v) is 8.70. The Morgan fingerprint density at radius 3 is 2.09 bits per heavy atom. The molecule has 4 saturated carbocycles. The lowest BCUT2D eigenvalue weighted by Gasteiger charge is -2.55. The zero-order valence-electron chi connectivity index (χ0n) is 13.3. The molecule has 0 heterocycles. The van der Waals surface area contributed by atoms with Crippen molar-refractivity contribution in [1.82, 2.24) is 5.32 Å². The van der Waals surface area contributed by atoms with Gasteiger partial charge in [0.05, 0.1) is 11.1 Å². The maximum absolute atomic E-state index is 12.9. The number of aldehydes is 1. The summed E-state index contributed by atoms with van der Waals surface area (Å²) in [6.45, 7) is 0. The van der Waals surface area contributed by atoms with Gasteiger partial charge in [0.25, 0.3) is 0 Å². The summed E-state index contributed by atoms with van der Waals surface area (Å²) >= 11 is 0. The van der Waals surface area contributed by atoms with E-state index in [1.54, 1.807) is 6.08 Å². The molecule has 3 heteroatoms. The Kier molecular flexibility index (Phi) is 3.59. The summed E-state index contributed by atoms with van der Waals surface area (Å²) in [5.74, 6) is 2.25. The number of rotatable bonds is 4. The lowest BCUT2D eigenvalue weighted by atomic mass is 9.49. The molecule has 4 aliphatic rings. The Labute approximate surface area is 137 Å². The molecule has 5 rings (SSSR count). The van der Waals surface area contributed by atoms with Crippen molar-refractivity contribution >= 4 is 18.3 Å². The second-order valence-electron chi connectivity index (χ2n) is 7.78. The van der Waals surface area contributed by atoms with Crippen molar-refractivity contribution in [1.29, 1.82) is 0 Å². The van der Waals surface area contributed by atoms with Crippen LogP contribution in [0.5, 0.6) is 0 Å². The zero-order valence-corrected chi connectivity index (χ0v) is 13.3. The number of allylic oxidation sites excluding steroid dienone is 1. The minimum absolute atomic E-state index is 0.0749. The Morgan fingerprint density at radius 2 is 1.57 bits per heavy atom. The molecule has 3 nitrogen and oxygen atoms in total. The molecule has 1 N–H and O–H groups in total. The third-order valence-electron chi connectivity index (χ3n) is 6.03. The van der Waals surface area contributed by atoms with E-state index < -0.39 is 0 Å². The van der Waals surface area contributed by atoms with Crippen LogP contribution in [0.4, 0.5) is 0 Å². The number of benzene rings is 1. The molecule has 1 amide bonds. The van der Waals surface area contributed by atoms with E-state index in [4.69, 9.17) is 0 Å². The van der Waals surface area contributed by atoms with Gasteiger partial charge in [0.1, 0.15) is 0 Å². The molecule has 23 heavy (non-hydrogen) atoms. The Hall–Kier alpha value is -1.90. The van der Waals surface area contributed by atoms with Gasteiger partial charge in [-0.3, -0.25) is 9.59 Å². The van der Waals surface area contributed by atoms with Gasteiger partial charge in [-0.25, -0.2) is 0 Å². The predicted octanol–water partition coefficient (Wildman–Crippen LogP) is 3.56. The van der Waals surface area contributed by atoms with Gasteiger partial charge in [0.2, 0.25) is 5.91 Å². The van der Waals surface area contributed by atoms with Crippen LogP contribution >= 0.6 is 0 Å². The van der Waals surface area contributed by atoms with E-state index in [-0.39, 0.29) is 11.3 Å². The molecule has 4 fully saturated rings. The summed E-state index contributed by atoms with van der Waals surface area (Å²) in [5, 5.41) is 2.93. The van der Waals surface area contributed by atoms with Crippen molar-refractivity contribution in [2.75, 3.05) is 0 Å². The molecule has 0 saturated heterocycles. The van der Waals surface area contributed by atoms with Gasteiger partial charge in [0.15, 0.2) is 6.29 Å². The van der Waals surface area contributed by atoms with E-state index >= 15 is 0 Å². The van der Waals surface area contributed by atoms with Crippen LogP contribution < -0.4 is 5.32 Å². The summed E-state index contributed by atoms with van der Waals surface area (Å²) in [5.41, 5.74) is 1.09. The van der Waals surface area contributed by atoms with Crippen molar-refractivity contribution in [3.63, 3.8) is 0 Å². The van der Waals surface area contributed by atoms with Gasteiger partial charge in [-0.2, -0.15) is 0 Å². The molecular formula is C20H23NO2. The quantitative estimate of drug-likeness (QED) is 0.683. The van der Waals surface area contributed by atoms with Crippen LogP contribution in [0.2, 0.25) is 0 Å². The number of hydrogen-bond donors (Lipinski definition) is 1. The average Bonchev–Trinajstić information content (AvgIpc) is 2.54. The SMILES string of the molecule is O=CC(=Cc1ccccc1)NC(=O)C12CC3CC(CC(C3)C1)C2. The molecule has 0 spiro atoms. The van der Waals surface area contributed by atoms with Crippen molar-refractivity contribution in [3.8, 4) is 0 Å². The van der Waals surface area contributed by atoms with Crippen molar-refractivity contribution in [3.05, 3.63) is 41.6 Å². The van der Waals surface area contributed by atoms with Gasteiger partial charge >= 0.3 is 0 Å². The average molecular weight is 309 g/mol. The van der Waals surface area contributed by atoms with Gasteiger partial charge in [-0.1, -0.05) is 30.3 Å². The fraction of sp³-hybridized carbons (Fsp3) is 0.500. The molecule has 0 aliphatic heterocycles. The third-order valence-corrected chi connectivity index (χ3v) is 6.03. The number of carbonyl (C=O) groups excluding carboxylic acids is 2. The van der Waals surface area contributed by atoms with Crippen molar-refractivity contribution < 1.29 is 9.59 Å². The maximum Gasteiger partial charge on any atom is 0.230 e. The molecular weight excluding hydrogens is 286 g/mol. The van der Waals surface area contributed by atoms with E-state index in [0.717, 1.165) is 48.9 Å². The second kappa shape index (κ2) is 5.63. The molecule has 1 aromatic carbocycles. The fourth-order valence-electron chi connectivity index (χ4n) is 5.48. The first-order chi connectivity index (χ1) is 11.2. The highest BCUT2D eigenvalue weighted by Gasteiger charge is 2.54. The highest BCUT2D eigenvalue weighted by Crippen LogP contribution is 2.60. The second-order valence-corrected chi connectivity index (χ2v) is 7.78.